The number of carbonyl (C=O) groups excluding carboxylic acids is 4. The summed E-state index contributed by atoms with van der Waals surface area (Å²) in [6, 6.07) is 6.42. The van der Waals surface area contributed by atoms with Gasteiger partial charge in [0.25, 0.3) is 0 Å². The average molecular weight is 446 g/mol. The first kappa shape index (κ1) is 22.8. The molecule has 170 valence electrons. The molecule has 1 aromatic rings. The Morgan fingerprint density at radius 2 is 1.75 bits per heavy atom. The summed E-state index contributed by atoms with van der Waals surface area (Å²) in [5.74, 6) is -4.26. The van der Waals surface area contributed by atoms with Gasteiger partial charge in [0.05, 0.1) is 20.8 Å². The smallest absolute Gasteiger partial charge is 0.339 e. The van der Waals surface area contributed by atoms with E-state index in [1.165, 1.54) is 13.2 Å². The van der Waals surface area contributed by atoms with E-state index in [1.807, 2.05) is 0 Å². The normalized spacial score (nSPS) is 19.3. The van der Waals surface area contributed by atoms with Crippen molar-refractivity contribution in [3.63, 3.8) is 0 Å². The minimum Gasteiger partial charge on any atom is -0.469 e. The van der Waals surface area contributed by atoms with Crippen LogP contribution in [-0.4, -0.2) is 58.4 Å². The third-order valence-electron chi connectivity index (χ3n) is 5.07. The molecule has 1 unspecified atom stereocenters. The third kappa shape index (κ3) is 3.56. The van der Waals surface area contributed by atoms with Gasteiger partial charge in [0, 0.05) is 18.4 Å². The molecular weight excluding hydrogens is 424 g/mol. The largest absolute Gasteiger partial charge is 0.469 e. The maximum absolute atomic E-state index is 13.4. The lowest BCUT2D eigenvalue weighted by molar-refractivity contribution is -0.148. The molecule has 1 aromatic carbocycles. The standard InChI is InChI=1S/C21H22N2O9/c1-28-8-9-31-19(26)16-17(22)23-12-7-5-4-6-11(12)21(16)15(18(25)30-3)13(32-20(21)27)10-14(24)29-2/h4-7,23H,8-10,22H2,1-3H3. The number of para-hydroxylation sites is 1. The van der Waals surface area contributed by atoms with Gasteiger partial charge >= 0.3 is 23.9 Å². The monoisotopic (exact) mass is 446 g/mol. The minimum atomic E-state index is -2.12. The number of ether oxygens (including phenoxy) is 5. The molecule has 0 saturated heterocycles. The Morgan fingerprint density at radius 1 is 1.03 bits per heavy atom. The lowest BCUT2D eigenvalue weighted by atomic mass is 9.66. The minimum absolute atomic E-state index is 0.0909. The summed E-state index contributed by atoms with van der Waals surface area (Å²) in [6.07, 6.45) is -0.546. The summed E-state index contributed by atoms with van der Waals surface area (Å²) in [7, 11) is 3.66. The van der Waals surface area contributed by atoms with Crippen LogP contribution in [0.15, 0.2) is 47.0 Å². The number of rotatable bonds is 7. The first-order chi connectivity index (χ1) is 15.3. The van der Waals surface area contributed by atoms with E-state index in [9.17, 15) is 19.2 Å². The van der Waals surface area contributed by atoms with E-state index >= 15 is 0 Å². The number of esters is 4. The van der Waals surface area contributed by atoms with Gasteiger partial charge in [-0.25, -0.2) is 14.4 Å². The van der Waals surface area contributed by atoms with E-state index in [1.54, 1.807) is 18.2 Å². The van der Waals surface area contributed by atoms with Crippen LogP contribution < -0.4 is 11.1 Å². The van der Waals surface area contributed by atoms with Gasteiger partial charge in [-0.15, -0.1) is 0 Å². The van der Waals surface area contributed by atoms with Crippen LogP contribution in [0, 0.1) is 0 Å². The van der Waals surface area contributed by atoms with Crippen molar-refractivity contribution >= 4 is 29.6 Å². The first-order valence-corrected chi connectivity index (χ1v) is 9.46. The zero-order chi connectivity index (χ0) is 23.5. The van der Waals surface area contributed by atoms with Gasteiger partial charge < -0.3 is 34.7 Å². The van der Waals surface area contributed by atoms with Crippen molar-refractivity contribution in [2.24, 2.45) is 5.73 Å². The van der Waals surface area contributed by atoms with Gasteiger partial charge in [0.15, 0.2) is 5.41 Å². The van der Waals surface area contributed by atoms with E-state index in [4.69, 9.17) is 24.7 Å². The number of fused-ring (bicyclic) bond motifs is 2. The fourth-order valence-corrected chi connectivity index (χ4v) is 3.74. The Morgan fingerprint density at radius 3 is 2.41 bits per heavy atom. The van der Waals surface area contributed by atoms with E-state index < -0.39 is 35.7 Å². The molecule has 3 N–H and O–H groups in total. The van der Waals surface area contributed by atoms with Crippen LogP contribution >= 0.6 is 0 Å². The van der Waals surface area contributed by atoms with Gasteiger partial charge in [-0.2, -0.15) is 0 Å². The molecule has 0 aliphatic carbocycles. The molecular formula is C21H22N2O9. The predicted molar refractivity (Wildman–Crippen MR) is 108 cm³/mol. The number of methoxy groups -OCH3 is 3. The molecule has 32 heavy (non-hydrogen) atoms. The molecule has 1 atom stereocenters. The number of benzene rings is 1. The third-order valence-corrected chi connectivity index (χ3v) is 5.07. The van der Waals surface area contributed by atoms with Crippen molar-refractivity contribution in [1.82, 2.24) is 0 Å². The van der Waals surface area contributed by atoms with Crippen LogP contribution in [0.3, 0.4) is 0 Å². The second kappa shape index (κ2) is 9.10. The Balaban J connectivity index is 2.31. The zero-order valence-electron chi connectivity index (χ0n) is 17.7. The van der Waals surface area contributed by atoms with E-state index in [2.05, 4.69) is 10.1 Å². The van der Waals surface area contributed by atoms with Gasteiger partial charge in [0.2, 0.25) is 0 Å². The summed E-state index contributed by atoms with van der Waals surface area (Å²) in [6.45, 7) is -0.0428. The van der Waals surface area contributed by atoms with Crippen molar-refractivity contribution in [1.29, 1.82) is 0 Å². The molecule has 11 nitrogen and oxygen atoms in total. The summed E-state index contributed by atoms with van der Waals surface area (Å²) in [4.78, 5) is 51.4. The van der Waals surface area contributed by atoms with Gasteiger partial charge in [-0.05, 0) is 6.07 Å². The second-order valence-electron chi connectivity index (χ2n) is 6.77. The fraction of sp³-hybridized carbons (Fsp3) is 0.333. The van der Waals surface area contributed by atoms with Gasteiger partial charge in [-0.1, -0.05) is 18.2 Å². The molecule has 2 heterocycles. The number of hydrogen-bond acceptors (Lipinski definition) is 11. The van der Waals surface area contributed by atoms with Crippen LogP contribution in [0.2, 0.25) is 0 Å². The summed E-state index contributed by atoms with van der Waals surface area (Å²) in [5.41, 5.74) is 3.88. The number of cyclic esters (lactones) is 1. The molecule has 11 heteroatoms. The SMILES string of the molecule is COCCOC(=O)C1=C(N)Nc2ccccc2C12C(=O)OC(CC(=O)OC)=C2C(=O)OC. The van der Waals surface area contributed by atoms with Crippen molar-refractivity contribution in [2.75, 3.05) is 39.9 Å². The molecule has 2 aliphatic heterocycles. The van der Waals surface area contributed by atoms with Crippen LogP contribution in [0.25, 0.3) is 0 Å². The summed E-state index contributed by atoms with van der Waals surface area (Å²) in [5, 5.41) is 2.85. The predicted octanol–water partition coefficient (Wildman–Crippen LogP) is 0.257. The highest BCUT2D eigenvalue weighted by Gasteiger charge is 2.63. The Labute approximate surface area is 183 Å². The van der Waals surface area contributed by atoms with Crippen molar-refractivity contribution in [3.8, 4) is 0 Å². The molecule has 0 amide bonds. The number of nitrogens with one attached hydrogen (secondary N) is 1. The van der Waals surface area contributed by atoms with Crippen molar-refractivity contribution in [2.45, 2.75) is 11.8 Å². The number of anilines is 1. The molecule has 0 aromatic heterocycles. The lowest BCUT2D eigenvalue weighted by Crippen LogP contribution is -2.47. The molecule has 2 aliphatic rings. The number of hydrogen-bond donors (Lipinski definition) is 2. The molecule has 3 rings (SSSR count). The molecule has 0 fully saturated rings. The van der Waals surface area contributed by atoms with Crippen molar-refractivity contribution < 1.29 is 42.9 Å². The second-order valence-corrected chi connectivity index (χ2v) is 6.77. The highest BCUT2D eigenvalue weighted by Crippen LogP contribution is 2.53. The average Bonchev–Trinajstić information content (AvgIpc) is 3.04. The maximum Gasteiger partial charge on any atom is 0.339 e. The van der Waals surface area contributed by atoms with Gasteiger partial charge in [-0.3, -0.25) is 4.79 Å². The Kier molecular flexibility index (Phi) is 6.49. The van der Waals surface area contributed by atoms with Crippen LogP contribution in [0.1, 0.15) is 12.0 Å². The van der Waals surface area contributed by atoms with E-state index in [0.29, 0.717) is 5.69 Å². The topological polar surface area (TPSA) is 152 Å². The highest BCUT2D eigenvalue weighted by atomic mass is 16.6. The lowest BCUT2D eigenvalue weighted by Gasteiger charge is -2.35. The van der Waals surface area contributed by atoms with Crippen molar-refractivity contribution in [3.05, 3.63) is 52.6 Å². The number of carbonyl (C=O) groups is 4. The molecule has 1 spiro atoms. The fourth-order valence-electron chi connectivity index (χ4n) is 3.74. The van der Waals surface area contributed by atoms with Crippen LogP contribution in [0.5, 0.6) is 0 Å². The molecule has 0 saturated carbocycles. The first-order valence-electron chi connectivity index (χ1n) is 9.46. The maximum atomic E-state index is 13.4. The Bertz CT molecular complexity index is 1040. The van der Waals surface area contributed by atoms with E-state index in [-0.39, 0.29) is 41.5 Å². The quantitative estimate of drug-likeness (QED) is 0.337. The van der Waals surface area contributed by atoms with Crippen LogP contribution in [-0.2, 0) is 48.3 Å². The van der Waals surface area contributed by atoms with Gasteiger partial charge in [0.1, 0.15) is 35.8 Å². The van der Waals surface area contributed by atoms with E-state index in [0.717, 1.165) is 14.2 Å². The van der Waals surface area contributed by atoms with Crippen LogP contribution in [0.4, 0.5) is 5.69 Å². The zero-order valence-corrected chi connectivity index (χ0v) is 17.7. The number of nitrogens with two attached hydrogens (primary N) is 1. The summed E-state index contributed by atoms with van der Waals surface area (Å²) < 4.78 is 25.0. The highest BCUT2D eigenvalue weighted by molar-refractivity contribution is 6.16. The molecule has 0 radical (unpaired) electrons. The molecule has 0 bridgehead atoms. The summed E-state index contributed by atoms with van der Waals surface area (Å²) >= 11 is 0. The Hall–Kier alpha value is -3.86.